The first-order valence-electron chi connectivity index (χ1n) is 5.53. The van der Waals surface area contributed by atoms with Crippen LogP contribution in [0.25, 0.3) is 0 Å². The van der Waals surface area contributed by atoms with E-state index in [0.29, 0.717) is 17.4 Å². The molecule has 94 valence electrons. The third-order valence-corrected chi connectivity index (χ3v) is 3.76. The monoisotopic (exact) mass is 301 g/mol. The van der Waals surface area contributed by atoms with Gasteiger partial charge in [0.2, 0.25) is 5.75 Å². The van der Waals surface area contributed by atoms with Crippen molar-refractivity contribution < 1.29 is 14.6 Å². The Labute approximate surface area is 109 Å². The predicted octanol–water partition coefficient (Wildman–Crippen LogP) is 2.25. The first kappa shape index (κ1) is 12.5. The summed E-state index contributed by atoms with van der Waals surface area (Å²) in [7, 11) is 3.09. The van der Waals surface area contributed by atoms with Gasteiger partial charge in [-0.05, 0) is 19.0 Å². The van der Waals surface area contributed by atoms with E-state index in [0.717, 1.165) is 29.5 Å². The highest BCUT2D eigenvalue weighted by Gasteiger charge is 2.26. The quantitative estimate of drug-likeness (QED) is 0.899. The first-order chi connectivity index (χ1) is 8.19. The molecule has 1 aromatic rings. The number of aromatic hydroxyl groups is 1. The molecule has 1 heterocycles. The molecule has 1 aliphatic rings. The Morgan fingerprint density at radius 2 is 2.18 bits per heavy atom. The standard InChI is InChI=1S/C12H16BrNO3/c1-16-9-5-8(13)10(7-3-4-14-6-7)11(15)12(9)17-2/h5,7,14-15H,3-4,6H2,1-2H3. The zero-order chi connectivity index (χ0) is 12.4. The van der Waals surface area contributed by atoms with Gasteiger partial charge in [0.05, 0.1) is 14.2 Å². The van der Waals surface area contributed by atoms with E-state index in [1.807, 2.05) is 6.07 Å². The summed E-state index contributed by atoms with van der Waals surface area (Å²) in [6.07, 6.45) is 1.02. The van der Waals surface area contributed by atoms with E-state index < -0.39 is 0 Å². The Balaban J connectivity index is 2.51. The van der Waals surface area contributed by atoms with E-state index in [1.165, 1.54) is 7.11 Å². The smallest absolute Gasteiger partial charge is 0.203 e. The fourth-order valence-corrected chi connectivity index (χ4v) is 2.97. The molecule has 0 aromatic heterocycles. The lowest BCUT2D eigenvalue weighted by atomic mass is 9.97. The fourth-order valence-electron chi connectivity index (χ4n) is 2.25. The van der Waals surface area contributed by atoms with Crippen LogP contribution in [-0.2, 0) is 0 Å². The van der Waals surface area contributed by atoms with Gasteiger partial charge in [-0.25, -0.2) is 0 Å². The highest BCUT2D eigenvalue weighted by molar-refractivity contribution is 9.10. The molecule has 0 aliphatic carbocycles. The van der Waals surface area contributed by atoms with Crippen LogP contribution in [0.3, 0.4) is 0 Å². The van der Waals surface area contributed by atoms with Crippen molar-refractivity contribution in [1.29, 1.82) is 0 Å². The van der Waals surface area contributed by atoms with Gasteiger partial charge in [-0.1, -0.05) is 15.9 Å². The number of benzene rings is 1. The molecule has 0 saturated carbocycles. The van der Waals surface area contributed by atoms with E-state index in [2.05, 4.69) is 21.2 Å². The van der Waals surface area contributed by atoms with Gasteiger partial charge < -0.3 is 19.9 Å². The van der Waals surface area contributed by atoms with Crippen LogP contribution in [0.4, 0.5) is 0 Å². The van der Waals surface area contributed by atoms with Crippen molar-refractivity contribution in [2.45, 2.75) is 12.3 Å². The van der Waals surface area contributed by atoms with Crippen LogP contribution in [0.15, 0.2) is 10.5 Å². The van der Waals surface area contributed by atoms with Crippen molar-refractivity contribution in [1.82, 2.24) is 5.32 Å². The summed E-state index contributed by atoms with van der Waals surface area (Å²) >= 11 is 3.49. The average Bonchev–Trinajstić information content (AvgIpc) is 2.82. The van der Waals surface area contributed by atoms with Gasteiger partial charge in [0.1, 0.15) is 0 Å². The summed E-state index contributed by atoms with van der Waals surface area (Å²) in [6.45, 7) is 1.85. The molecule has 1 fully saturated rings. The van der Waals surface area contributed by atoms with Crippen LogP contribution in [0.1, 0.15) is 17.9 Å². The number of nitrogens with one attached hydrogen (secondary N) is 1. The number of phenolic OH excluding ortho intramolecular Hbond substituents is 1. The average molecular weight is 302 g/mol. The van der Waals surface area contributed by atoms with E-state index >= 15 is 0 Å². The third-order valence-electron chi connectivity index (χ3n) is 3.10. The fraction of sp³-hybridized carbons (Fsp3) is 0.500. The lowest BCUT2D eigenvalue weighted by Crippen LogP contribution is -2.09. The molecule has 1 aliphatic heterocycles. The van der Waals surface area contributed by atoms with E-state index in [4.69, 9.17) is 9.47 Å². The first-order valence-corrected chi connectivity index (χ1v) is 6.32. The zero-order valence-corrected chi connectivity index (χ0v) is 11.5. The summed E-state index contributed by atoms with van der Waals surface area (Å²) in [4.78, 5) is 0. The second-order valence-electron chi connectivity index (χ2n) is 4.05. The highest BCUT2D eigenvalue weighted by Crippen LogP contribution is 2.47. The zero-order valence-electron chi connectivity index (χ0n) is 9.92. The Hall–Kier alpha value is -0.940. The molecule has 2 rings (SSSR count). The van der Waals surface area contributed by atoms with Crippen LogP contribution in [-0.4, -0.2) is 32.4 Å². The number of hydrogen-bond donors (Lipinski definition) is 2. The van der Waals surface area contributed by atoms with Crippen LogP contribution < -0.4 is 14.8 Å². The molecule has 0 radical (unpaired) electrons. The second kappa shape index (κ2) is 5.14. The third kappa shape index (κ3) is 2.21. The van der Waals surface area contributed by atoms with Gasteiger partial charge in [0.25, 0.3) is 0 Å². The maximum atomic E-state index is 10.3. The normalized spacial score (nSPS) is 19.4. The Morgan fingerprint density at radius 3 is 2.71 bits per heavy atom. The molecular formula is C12H16BrNO3. The molecule has 4 nitrogen and oxygen atoms in total. The molecule has 1 unspecified atom stereocenters. The number of phenols is 1. The van der Waals surface area contributed by atoms with Crippen molar-refractivity contribution in [3.05, 3.63) is 16.1 Å². The van der Waals surface area contributed by atoms with Crippen molar-refractivity contribution in [3.8, 4) is 17.2 Å². The lowest BCUT2D eigenvalue weighted by Gasteiger charge is -2.18. The minimum Gasteiger partial charge on any atom is -0.504 e. The molecular weight excluding hydrogens is 286 g/mol. The van der Waals surface area contributed by atoms with Crippen LogP contribution >= 0.6 is 15.9 Å². The van der Waals surface area contributed by atoms with Gasteiger partial charge in [-0.15, -0.1) is 0 Å². The Morgan fingerprint density at radius 1 is 1.41 bits per heavy atom. The van der Waals surface area contributed by atoms with Gasteiger partial charge in [-0.3, -0.25) is 0 Å². The van der Waals surface area contributed by atoms with Crippen molar-refractivity contribution in [3.63, 3.8) is 0 Å². The molecule has 5 heteroatoms. The molecule has 1 aromatic carbocycles. The van der Waals surface area contributed by atoms with Crippen molar-refractivity contribution in [2.75, 3.05) is 27.3 Å². The molecule has 2 N–H and O–H groups in total. The van der Waals surface area contributed by atoms with Crippen molar-refractivity contribution >= 4 is 15.9 Å². The lowest BCUT2D eigenvalue weighted by molar-refractivity contribution is 0.330. The minimum atomic E-state index is 0.174. The minimum absolute atomic E-state index is 0.174. The Kier molecular flexibility index (Phi) is 3.79. The van der Waals surface area contributed by atoms with Gasteiger partial charge in [0.15, 0.2) is 11.5 Å². The number of hydrogen-bond acceptors (Lipinski definition) is 4. The topological polar surface area (TPSA) is 50.7 Å². The predicted molar refractivity (Wildman–Crippen MR) is 69.1 cm³/mol. The maximum absolute atomic E-state index is 10.3. The van der Waals surface area contributed by atoms with E-state index in [-0.39, 0.29) is 5.75 Å². The number of methoxy groups -OCH3 is 2. The van der Waals surface area contributed by atoms with Gasteiger partial charge >= 0.3 is 0 Å². The highest BCUT2D eigenvalue weighted by atomic mass is 79.9. The summed E-state index contributed by atoms with van der Waals surface area (Å²) in [5, 5.41) is 13.6. The number of rotatable bonds is 3. The molecule has 1 saturated heterocycles. The largest absolute Gasteiger partial charge is 0.504 e. The van der Waals surface area contributed by atoms with Crippen LogP contribution in [0, 0.1) is 0 Å². The number of ether oxygens (including phenoxy) is 2. The van der Waals surface area contributed by atoms with Gasteiger partial charge in [0, 0.05) is 22.5 Å². The molecule has 0 spiro atoms. The van der Waals surface area contributed by atoms with Gasteiger partial charge in [-0.2, -0.15) is 0 Å². The van der Waals surface area contributed by atoms with E-state index in [1.54, 1.807) is 7.11 Å². The summed E-state index contributed by atoms with van der Waals surface area (Å²) in [6, 6.07) is 1.84. The SMILES string of the molecule is COc1cc(Br)c(C2CCNC2)c(O)c1OC. The van der Waals surface area contributed by atoms with Crippen molar-refractivity contribution in [2.24, 2.45) is 0 Å². The summed E-state index contributed by atoms with van der Waals surface area (Å²) in [5.41, 5.74) is 0.896. The number of halogens is 1. The van der Waals surface area contributed by atoms with Crippen LogP contribution in [0.2, 0.25) is 0 Å². The molecule has 0 bridgehead atoms. The Bertz CT molecular complexity index is 417. The molecule has 17 heavy (non-hydrogen) atoms. The van der Waals surface area contributed by atoms with Crippen LogP contribution in [0.5, 0.6) is 17.2 Å². The summed E-state index contributed by atoms with van der Waals surface area (Å²) < 4.78 is 11.3. The summed E-state index contributed by atoms with van der Waals surface area (Å²) in [5.74, 6) is 1.42. The molecule has 1 atom stereocenters. The molecule has 0 amide bonds. The maximum Gasteiger partial charge on any atom is 0.203 e. The van der Waals surface area contributed by atoms with E-state index in [9.17, 15) is 5.11 Å². The second-order valence-corrected chi connectivity index (χ2v) is 4.90.